The van der Waals surface area contributed by atoms with Crippen molar-refractivity contribution in [2.24, 2.45) is 5.73 Å². The van der Waals surface area contributed by atoms with E-state index in [0.717, 1.165) is 0 Å². The van der Waals surface area contributed by atoms with E-state index in [-0.39, 0.29) is 5.76 Å². The predicted octanol–water partition coefficient (Wildman–Crippen LogP) is 2.50. The number of aliphatic hydroxyl groups excluding tert-OH is 1. The molecule has 0 aromatic rings. The summed E-state index contributed by atoms with van der Waals surface area (Å²) in [7, 11) is 0. The van der Waals surface area contributed by atoms with Crippen molar-refractivity contribution in [1.82, 2.24) is 0 Å². The Morgan fingerprint density at radius 2 is 1.91 bits per heavy atom. The molecule has 11 heavy (non-hydrogen) atoms. The van der Waals surface area contributed by atoms with Crippen LogP contribution in [0.1, 0.15) is 20.8 Å². The molecule has 64 valence electrons. The van der Waals surface area contributed by atoms with Gasteiger partial charge in [0.15, 0.2) is 0 Å². The quantitative estimate of drug-likeness (QED) is 0.475. The maximum atomic E-state index is 8.88. The van der Waals surface area contributed by atoms with E-state index >= 15 is 0 Å². The minimum absolute atomic E-state index is 0.0925. The van der Waals surface area contributed by atoms with E-state index < -0.39 is 0 Å². The molecule has 0 heterocycles. The van der Waals surface area contributed by atoms with Crippen molar-refractivity contribution >= 4 is 0 Å². The van der Waals surface area contributed by atoms with Gasteiger partial charge in [0, 0.05) is 0 Å². The zero-order valence-electron chi connectivity index (χ0n) is 7.46. The van der Waals surface area contributed by atoms with Crippen LogP contribution >= 0.6 is 0 Å². The standard InChI is InChI=1S/C7H11NO.C2H6/c1-3-5-6(8)7(9)4-2;1-2/h3-5,9H,1,8H2,2H3;1-2H3/b6-5+,7-4+;. The van der Waals surface area contributed by atoms with E-state index in [2.05, 4.69) is 6.58 Å². The highest BCUT2D eigenvalue weighted by atomic mass is 16.3. The number of aliphatic hydroxyl groups is 1. The van der Waals surface area contributed by atoms with E-state index in [9.17, 15) is 0 Å². The van der Waals surface area contributed by atoms with E-state index in [1.54, 1.807) is 6.92 Å². The van der Waals surface area contributed by atoms with E-state index in [0.29, 0.717) is 5.70 Å². The first-order valence-corrected chi connectivity index (χ1v) is 3.66. The van der Waals surface area contributed by atoms with Crippen LogP contribution in [-0.4, -0.2) is 5.11 Å². The van der Waals surface area contributed by atoms with Crippen LogP contribution in [-0.2, 0) is 0 Å². The molecule has 0 saturated carbocycles. The average molecular weight is 155 g/mol. The molecule has 0 aliphatic carbocycles. The lowest BCUT2D eigenvalue weighted by molar-refractivity contribution is 0.421. The molecular formula is C9H17NO. The molecule has 0 amide bonds. The van der Waals surface area contributed by atoms with Crippen molar-refractivity contribution in [3.05, 3.63) is 36.3 Å². The second-order valence-corrected chi connectivity index (χ2v) is 1.53. The summed E-state index contributed by atoms with van der Waals surface area (Å²) >= 11 is 0. The third kappa shape index (κ3) is 6.71. The third-order valence-corrected chi connectivity index (χ3v) is 0.867. The largest absolute Gasteiger partial charge is 0.506 e. The maximum absolute atomic E-state index is 8.88. The first-order valence-electron chi connectivity index (χ1n) is 3.66. The lowest BCUT2D eigenvalue weighted by Gasteiger charge is -1.94. The van der Waals surface area contributed by atoms with Crippen molar-refractivity contribution in [1.29, 1.82) is 0 Å². The van der Waals surface area contributed by atoms with Crippen LogP contribution in [0.5, 0.6) is 0 Å². The zero-order valence-corrected chi connectivity index (χ0v) is 7.46. The predicted molar refractivity (Wildman–Crippen MR) is 50.2 cm³/mol. The molecule has 0 unspecified atom stereocenters. The number of hydrogen-bond donors (Lipinski definition) is 2. The topological polar surface area (TPSA) is 46.2 Å². The number of rotatable bonds is 2. The Balaban J connectivity index is 0. The van der Waals surface area contributed by atoms with Crippen molar-refractivity contribution in [2.45, 2.75) is 20.8 Å². The highest BCUT2D eigenvalue weighted by molar-refractivity contribution is 5.24. The minimum Gasteiger partial charge on any atom is -0.506 e. The Morgan fingerprint density at radius 1 is 1.45 bits per heavy atom. The smallest absolute Gasteiger partial charge is 0.134 e. The fourth-order valence-corrected chi connectivity index (χ4v) is 0.379. The van der Waals surface area contributed by atoms with Crippen LogP contribution in [0.3, 0.4) is 0 Å². The molecule has 3 N–H and O–H groups in total. The van der Waals surface area contributed by atoms with Crippen LogP contribution in [0.2, 0.25) is 0 Å². The van der Waals surface area contributed by atoms with Gasteiger partial charge in [0.2, 0.25) is 0 Å². The van der Waals surface area contributed by atoms with Crippen molar-refractivity contribution < 1.29 is 5.11 Å². The van der Waals surface area contributed by atoms with Gasteiger partial charge in [-0.1, -0.05) is 26.5 Å². The second-order valence-electron chi connectivity index (χ2n) is 1.53. The lowest BCUT2D eigenvalue weighted by Crippen LogP contribution is -1.99. The Bertz CT molecular complexity index is 157. The summed E-state index contributed by atoms with van der Waals surface area (Å²) in [4.78, 5) is 0. The van der Waals surface area contributed by atoms with E-state index in [1.807, 2.05) is 13.8 Å². The van der Waals surface area contributed by atoms with Crippen molar-refractivity contribution in [3.8, 4) is 0 Å². The van der Waals surface area contributed by atoms with Gasteiger partial charge in [-0.2, -0.15) is 0 Å². The van der Waals surface area contributed by atoms with E-state index in [1.165, 1.54) is 18.2 Å². The van der Waals surface area contributed by atoms with Crippen LogP contribution < -0.4 is 5.73 Å². The Hall–Kier alpha value is -1.18. The molecule has 0 rings (SSSR count). The Labute approximate surface area is 68.7 Å². The number of nitrogens with two attached hydrogens (primary N) is 1. The summed E-state index contributed by atoms with van der Waals surface area (Å²) in [5.41, 5.74) is 5.65. The SMILES string of the molecule is C=C/C=C(N)\C(O)=C/C.CC. The van der Waals surface area contributed by atoms with Crippen molar-refractivity contribution in [2.75, 3.05) is 0 Å². The van der Waals surface area contributed by atoms with Gasteiger partial charge in [0.05, 0.1) is 5.70 Å². The molecule has 2 heteroatoms. The highest BCUT2D eigenvalue weighted by Crippen LogP contribution is 1.97. The monoisotopic (exact) mass is 155 g/mol. The summed E-state index contributed by atoms with van der Waals surface area (Å²) < 4.78 is 0. The second kappa shape index (κ2) is 8.82. The molecule has 0 aromatic carbocycles. The van der Waals surface area contributed by atoms with Gasteiger partial charge in [0.1, 0.15) is 5.76 Å². The molecule has 0 atom stereocenters. The molecule has 0 aliphatic heterocycles. The Morgan fingerprint density at radius 3 is 2.18 bits per heavy atom. The summed E-state index contributed by atoms with van der Waals surface area (Å²) in [5, 5.41) is 8.88. The first kappa shape index (κ1) is 12.5. The van der Waals surface area contributed by atoms with Gasteiger partial charge in [-0.15, -0.1) is 0 Å². The molecule has 0 radical (unpaired) electrons. The molecule has 0 fully saturated rings. The fourth-order valence-electron chi connectivity index (χ4n) is 0.379. The van der Waals surface area contributed by atoms with Gasteiger partial charge in [0.25, 0.3) is 0 Å². The van der Waals surface area contributed by atoms with Crippen molar-refractivity contribution in [3.63, 3.8) is 0 Å². The summed E-state index contributed by atoms with van der Waals surface area (Å²) in [5.74, 6) is 0.0925. The van der Waals surface area contributed by atoms with Gasteiger partial charge < -0.3 is 10.8 Å². The first-order chi connectivity index (χ1) is 5.22. The van der Waals surface area contributed by atoms with Crippen LogP contribution in [0.15, 0.2) is 36.3 Å². The normalized spacial score (nSPS) is 11.5. The molecule has 0 aliphatic rings. The zero-order chi connectivity index (χ0) is 9.28. The summed E-state index contributed by atoms with van der Waals surface area (Å²) in [6.45, 7) is 9.13. The summed E-state index contributed by atoms with van der Waals surface area (Å²) in [6, 6.07) is 0. The number of hydrogen-bond acceptors (Lipinski definition) is 2. The number of allylic oxidation sites excluding steroid dienone is 3. The summed E-state index contributed by atoms with van der Waals surface area (Å²) in [6.07, 6.45) is 4.58. The van der Waals surface area contributed by atoms with Crippen LogP contribution in [0, 0.1) is 0 Å². The average Bonchev–Trinajstić information content (AvgIpc) is 2.07. The minimum atomic E-state index is 0.0925. The molecule has 0 bridgehead atoms. The molecule has 2 nitrogen and oxygen atoms in total. The van der Waals surface area contributed by atoms with Crippen LogP contribution in [0.4, 0.5) is 0 Å². The Kier molecular flexibility index (Phi) is 10.0. The van der Waals surface area contributed by atoms with Gasteiger partial charge >= 0.3 is 0 Å². The lowest BCUT2D eigenvalue weighted by atomic mass is 10.3. The van der Waals surface area contributed by atoms with Gasteiger partial charge in [-0.25, -0.2) is 0 Å². The molecular weight excluding hydrogens is 138 g/mol. The third-order valence-electron chi connectivity index (χ3n) is 0.867. The van der Waals surface area contributed by atoms with Gasteiger partial charge in [-0.3, -0.25) is 0 Å². The molecule has 0 aromatic heterocycles. The van der Waals surface area contributed by atoms with Crippen LogP contribution in [0.25, 0.3) is 0 Å². The highest BCUT2D eigenvalue weighted by Gasteiger charge is 1.90. The fraction of sp³-hybridized carbons (Fsp3) is 0.333. The molecule has 0 spiro atoms. The van der Waals surface area contributed by atoms with E-state index in [4.69, 9.17) is 10.8 Å². The molecule has 0 saturated heterocycles. The maximum Gasteiger partial charge on any atom is 0.134 e. The van der Waals surface area contributed by atoms with Gasteiger partial charge in [-0.05, 0) is 19.1 Å².